The van der Waals surface area contributed by atoms with Crippen molar-refractivity contribution < 1.29 is 13.9 Å². The van der Waals surface area contributed by atoms with Gasteiger partial charge >= 0.3 is 0 Å². The molecule has 0 spiro atoms. The van der Waals surface area contributed by atoms with Gasteiger partial charge in [0.25, 0.3) is 0 Å². The molecular formula is C25H28FN3O2. The van der Waals surface area contributed by atoms with Crippen molar-refractivity contribution in [2.45, 2.75) is 39.5 Å². The van der Waals surface area contributed by atoms with Crippen molar-refractivity contribution in [2.75, 3.05) is 18.5 Å². The lowest BCUT2D eigenvalue weighted by Gasteiger charge is -2.24. The molecule has 1 aliphatic heterocycles. The number of ether oxygens (including phenoxy) is 1. The van der Waals surface area contributed by atoms with Crippen LogP contribution in [0.15, 0.2) is 42.5 Å². The van der Waals surface area contributed by atoms with Crippen LogP contribution >= 0.6 is 0 Å². The van der Waals surface area contributed by atoms with E-state index in [0.29, 0.717) is 30.4 Å². The molecule has 5 nitrogen and oxygen atoms in total. The maximum absolute atomic E-state index is 14.1. The molecule has 162 valence electrons. The molecule has 1 aromatic heterocycles. The van der Waals surface area contributed by atoms with E-state index in [9.17, 15) is 9.18 Å². The summed E-state index contributed by atoms with van der Waals surface area (Å²) in [6.07, 6.45) is 3.04. The van der Waals surface area contributed by atoms with Gasteiger partial charge < -0.3 is 20.0 Å². The molecule has 31 heavy (non-hydrogen) atoms. The lowest BCUT2D eigenvalue weighted by molar-refractivity contribution is -0.123. The Hall–Kier alpha value is -2.99. The Morgan fingerprint density at radius 2 is 1.94 bits per heavy atom. The van der Waals surface area contributed by atoms with Crippen molar-refractivity contribution in [2.24, 2.45) is 5.41 Å². The monoisotopic (exact) mass is 421 g/mol. The quantitative estimate of drug-likeness (QED) is 0.535. The number of nitrogens with zero attached hydrogens (tertiary/aromatic N) is 1. The standard InChI is InChI=1S/C25H28FN3O2/c1-25(2,3)24(30)28-21-11-17-12-22(16-7-9-31-10-8-16)29(23(17)13-18(21)15-27)20-6-4-5-19(26)14-20/h4-6,11-16,27H,7-10H2,1-3H3,(H,28,30). The highest BCUT2D eigenvalue weighted by Crippen LogP contribution is 2.36. The highest BCUT2D eigenvalue weighted by molar-refractivity contribution is 6.03. The molecule has 3 aromatic rings. The number of amides is 1. The molecule has 6 heteroatoms. The molecule has 0 unspecified atom stereocenters. The van der Waals surface area contributed by atoms with Crippen LogP contribution in [0.3, 0.4) is 0 Å². The van der Waals surface area contributed by atoms with Crippen LogP contribution in [0.25, 0.3) is 16.6 Å². The summed E-state index contributed by atoms with van der Waals surface area (Å²) in [6.45, 7) is 6.97. The van der Waals surface area contributed by atoms with E-state index in [-0.39, 0.29) is 11.7 Å². The molecule has 0 aliphatic carbocycles. The topological polar surface area (TPSA) is 67.1 Å². The second-order valence-corrected chi connectivity index (χ2v) is 9.12. The molecule has 1 fully saturated rings. The predicted molar refractivity (Wildman–Crippen MR) is 122 cm³/mol. The zero-order valence-corrected chi connectivity index (χ0v) is 18.2. The van der Waals surface area contributed by atoms with Gasteiger partial charge in [-0.15, -0.1) is 0 Å². The minimum absolute atomic E-state index is 0.107. The molecule has 0 atom stereocenters. The first-order valence-corrected chi connectivity index (χ1v) is 10.6. The van der Waals surface area contributed by atoms with Crippen LogP contribution < -0.4 is 5.32 Å². The number of carbonyl (C=O) groups is 1. The Morgan fingerprint density at radius 3 is 2.58 bits per heavy atom. The van der Waals surface area contributed by atoms with Crippen molar-refractivity contribution in [1.29, 1.82) is 5.41 Å². The SMILES string of the molecule is CC(C)(C)C(=O)Nc1cc2cc(C3CCOCC3)n(-c3cccc(F)c3)c2cc1C=N. The van der Waals surface area contributed by atoms with Gasteiger partial charge in [-0.25, -0.2) is 4.39 Å². The number of nitrogens with one attached hydrogen (secondary N) is 2. The number of rotatable bonds is 4. The number of hydrogen-bond donors (Lipinski definition) is 2. The van der Waals surface area contributed by atoms with E-state index in [2.05, 4.69) is 16.0 Å². The summed E-state index contributed by atoms with van der Waals surface area (Å²) in [5.74, 6) is -0.108. The highest BCUT2D eigenvalue weighted by atomic mass is 19.1. The summed E-state index contributed by atoms with van der Waals surface area (Å²) in [4.78, 5) is 12.6. The number of hydrogen-bond acceptors (Lipinski definition) is 3. The molecule has 2 aromatic carbocycles. The summed E-state index contributed by atoms with van der Waals surface area (Å²) in [5, 5.41) is 11.8. The highest BCUT2D eigenvalue weighted by Gasteiger charge is 2.25. The van der Waals surface area contributed by atoms with Crippen LogP contribution in [0.1, 0.15) is 50.8 Å². The first-order chi connectivity index (χ1) is 14.8. The van der Waals surface area contributed by atoms with Crippen molar-refractivity contribution >= 4 is 28.7 Å². The number of aromatic nitrogens is 1. The summed E-state index contributed by atoms with van der Waals surface area (Å²) in [5.41, 5.74) is 3.41. The number of halogens is 1. The smallest absolute Gasteiger partial charge is 0.229 e. The average Bonchev–Trinajstić information content (AvgIpc) is 3.11. The maximum Gasteiger partial charge on any atom is 0.229 e. The van der Waals surface area contributed by atoms with Crippen LogP contribution in [0.2, 0.25) is 0 Å². The molecule has 4 rings (SSSR count). The minimum Gasteiger partial charge on any atom is -0.381 e. The van der Waals surface area contributed by atoms with Crippen LogP contribution in [-0.2, 0) is 9.53 Å². The molecule has 2 heterocycles. The van der Waals surface area contributed by atoms with Gasteiger partial charge in [0.05, 0.1) is 11.2 Å². The molecule has 0 saturated carbocycles. The summed E-state index contributed by atoms with van der Waals surface area (Å²) in [7, 11) is 0. The Bertz CT molecular complexity index is 1140. The first kappa shape index (κ1) is 21.2. The van der Waals surface area contributed by atoms with Crippen molar-refractivity contribution in [3.05, 3.63) is 59.5 Å². The van der Waals surface area contributed by atoms with Crippen molar-refractivity contribution in [1.82, 2.24) is 4.57 Å². The van der Waals surface area contributed by atoms with E-state index in [0.717, 1.165) is 35.1 Å². The maximum atomic E-state index is 14.1. The molecule has 1 aliphatic rings. The third-order valence-corrected chi connectivity index (χ3v) is 5.79. The lowest BCUT2D eigenvalue weighted by Crippen LogP contribution is -2.28. The average molecular weight is 422 g/mol. The van der Waals surface area contributed by atoms with Gasteiger partial charge in [-0.2, -0.15) is 0 Å². The Balaban J connectivity index is 1.90. The van der Waals surface area contributed by atoms with Crippen molar-refractivity contribution in [3.8, 4) is 5.69 Å². The largest absolute Gasteiger partial charge is 0.381 e. The van der Waals surface area contributed by atoms with Crippen molar-refractivity contribution in [3.63, 3.8) is 0 Å². The van der Waals surface area contributed by atoms with Crippen LogP contribution in [-0.4, -0.2) is 29.9 Å². The van der Waals surface area contributed by atoms with E-state index in [1.165, 1.54) is 18.3 Å². The van der Waals surface area contributed by atoms with Gasteiger partial charge in [-0.3, -0.25) is 4.79 Å². The van der Waals surface area contributed by atoms with E-state index in [4.69, 9.17) is 10.1 Å². The number of fused-ring (bicyclic) bond motifs is 1. The third kappa shape index (κ3) is 4.26. The molecule has 0 bridgehead atoms. The van der Waals surface area contributed by atoms with E-state index in [1.54, 1.807) is 6.07 Å². The van der Waals surface area contributed by atoms with Crippen LogP contribution in [0, 0.1) is 16.6 Å². The fourth-order valence-electron chi connectivity index (χ4n) is 4.03. The Labute approximate surface area is 181 Å². The van der Waals surface area contributed by atoms with E-state index in [1.807, 2.05) is 39.0 Å². The van der Waals surface area contributed by atoms with Gasteiger partial charge in [0.2, 0.25) is 5.91 Å². The summed E-state index contributed by atoms with van der Waals surface area (Å²) >= 11 is 0. The minimum atomic E-state index is -0.547. The lowest BCUT2D eigenvalue weighted by atomic mass is 9.95. The fourth-order valence-corrected chi connectivity index (χ4v) is 4.03. The van der Waals surface area contributed by atoms with Gasteiger partial charge in [-0.05, 0) is 49.2 Å². The first-order valence-electron chi connectivity index (χ1n) is 10.6. The van der Waals surface area contributed by atoms with Crippen LogP contribution in [0.4, 0.5) is 10.1 Å². The second-order valence-electron chi connectivity index (χ2n) is 9.12. The number of anilines is 1. The second kappa shape index (κ2) is 8.27. The zero-order chi connectivity index (χ0) is 22.2. The third-order valence-electron chi connectivity index (χ3n) is 5.79. The fraction of sp³-hybridized carbons (Fsp3) is 0.360. The zero-order valence-electron chi connectivity index (χ0n) is 18.2. The van der Waals surface area contributed by atoms with E-state index < -0.39 is 5.41 Å². The summed E-state index contributed by atoms with van der Waals surface area (Å²) in [6, 6.07) is 12.5. The molecular weight excluding hydrogens is 393 g/mol. The molecule has 1 amide bonds. The van der Waals surface area contributed by atoms with Gasteiger partial charge in [-0.1, -0.05) is 26.8 Å². The van der Waals surface area contributed by atoms with E-state index >= 15 is 0 Å². The normalized spacial score (nSPS) is 15.2. The molecule has 2 N–H and O–H groups in total. The number of benzene rings is 2. The van der Waals surface area contributed by atoms with Gasteiger partial charge in [0, 0.05) is 53.1 Å². The summed E-state index contributed by atoms with van der Waals surface area (Å²) < 4.78 is 21.7. The van der Waals surface area contributed by atoms with Gasteiger partial charge in [0.15, 0.2) is 0 Å². The van der Waals surface area contributed by atoms with Gasteiger partial charge in [0.1, 0.15) is 5.82 Å². The Morgan fingerprint density at radius 1 is 1.19 bits per heavy atom. The van der Waals surface area contributed by atoms with Crippen LogP contribution in [0.5, 0.6) is 0 Å². The molecule has 1 saturated heterocycles. The number of carbonyl (C=O) groups excluding carboxylic acids is 1. The molecule has 0 radical (unpaired) electrons. The predicted octanol–water partition coefficient (Wildman–Crippen LogP) is 5.65. The Kier molecular flexibility index (Phi) is 5.67.